The van der Waals surface area contributed by atoms with Crippen molar-refractivity contribution in [3.8, 4) is 5.75 Å². The Morgan fingerprint density at radius 2 is 1.70 bits per heavy atom. The summed E-state index contributed by atoms with van der Waals surface area (Å²) in [7, 11) is 3.91. The number of methoxy groups -OCH3 is 1. The zero-order valence-electron chi connectivity index (χ0n) is 14.4. The Morgan fingerprint density at radius 3 is 2.13 bits per heavy atom. The summed E-state index contributed by atoms with van der Waals surface area (Å²) < 4.78 is 4.83. The first-order valence-corrected chi connectivity index (χ1v) is 9.16. The molecule has 1 aromatic carbocycles. The van der Waals surface area contributed by atoms with Crippen LogP contribution in [-0.2, 0) is 0 Å². The second-order valence-corrected chi connectivity index (χ2v) is 8.40. The predicted octanol–water partition coefficient (Wildman–Crippen LogP) is 4.57. The number of nitrogens with zero attached hydrogens (tertiary/aromatic N) is 1. The Morgan fingerprint density at radius 1 is 1.13 bits per heavy atom. The topological polar surface area (TPSA) is 21.3 Å². The molecular formula is C17H28Cl3N2O+. The molecule has 0 unspecified atom stereocenters. The molecule has 0 aliphatic rings. The van der Waals surface area contributed by atoms with Crippen molar-refractivity contribution in [3.05, 3.63) is 29.8 Å². The minimum atomic E-state index is -1.40. The summed E-state index contributed by atoms with van der Waals surface area (Å²) in [4.78, 5) is 0. The van der Waals surface area contributed by atoms with Gasteiger partial charge in [0.25, 0.3) is 0 Å². The summed E-state index contributed by atoms with van der Waals surface area (Å²) >= 11 is 18.5. The summed E-state index contributed by atoms with van der Waals surface area (Å²) in [6.45, 7) is 8.61. The average Bonchev–Trinajstić information content (AvgIpc) is 2.53. The zero-order valence-corrected chi connectivity index (χ0v) is 16.7. The first kappa shape index (κ1) is 20.9. The van der Waals surface area contributed by atoms with E-state index in [0.717, 1.165) is 48.4 Å². The lowest BCUT2D eigenvalue weighted by Crippen LogP contribution is -2.45. The summed E-state index contributed by atoms with van der Waals surface area (Å²) in [5.41, 5.74) is 0.939. The van der Waals surface area contributed by atoms with Crippen molar-refractivity contribution in [1.29, 1.82) is 0 Å². The third kappa shape index (κ3) is 6.67. The van der Waals surface area contributed by atoms with Gasteiger partial charge in [-0.15, -0.1) is 0 Å². The van der Waals surface area contributed by atoms with Crippen LogP contribution in [0.5, 0.6) is 5.75 Å². The molecule has 1 atom stereocenters. The normalized spacial score (nSPS) is 13.9. The number of halogens is 3. The van der Waals surface area contributed by atoms with Crippen LogP contribution in [0.25, 0.3) is 0 Å². The molecule has 0 aromatic heterocycles. The molecule has 0 fully saturated rings. The highest BCUT2D eigenvalue weighted by atomic mass is 35.6. The molecule has 0 spiro atoms. The van der Waals surface area contributed by atoms with Crippen molar-refractivity contribution in [3.63, 3.8) is 0 Å². The maximum Gasteiger partial charge on any atom is 0.209 e. The van der Waals surface area contributed by atoms with Gasteiger partial charge in [-0.3, -0.25) is 0 Å². The van der Waals surface area contributed by atoms with E-state index in [9.17, 15) is 0 Å². The van der Waals surface area contributed by atoms with Crippen LogP contribution < -0.4 is 10.1 Å². The van der Waals surface area contributed by atoms with Crippen molar-refractivity contribution >= 4 is 34.8 Å². The van der Waals surface area contributed by atoms with Crippen LogP contribution in [0.1, 0.15) is 31.9 Å². The van der Waals surface area contributed by atoms with E-state index >= 15 is 0 Å². The van der Waals surface area contributed by atoms with Crippen molar-refractivity contribution in [2.24, 2.45) is 0 Å². The van der Waals surface area contributed by atoms with E-state index in [1.165, 1.54) is 0 Å². The van der Waals surface area contributed by atoms with Gasteiger partial charge in [-0.05, 0) is 31.5 Å². The fraction of sp³-hybridized carbons (Fsp3) is 0.647. The largest absolute Gasteiger partial charge is 0.497 e. The molecule has 0 heterocycles. The van der Waals surface area contributed by atoms with Crippen molar-refractivity contribution < 1.29 is 9.22 Å². The predicted molar refractivity (Wildman–Crippen MR) is 101 cm³/mol. The molecule has 6 heteroatoms. The number of benzene rings is 1. The molecule has 23 heavy (non-hydrogen) atoms. The van der Waals surface area contributed by atoms with Crippen LogP contribution in [0.15, 0.2) is 24.3 Å². The highest BCUT2D eigenvalue weighted by molar-refractivity contribution is 6.68. The van der Waals surface area contributed by atoms with E-state index in [1.54, 1.807) is 7.11 Å². The Balaban J connectivity index is 2.66. The maximum absolute atomic E-state index is 6.16. The second kappa shape index (κ2) is 9.33. The van der Waals surface area contributed by atoms with Gasteiger partial charge in [0.15, 0.2) is 0 Å². The first-order chi connectivity index (χ1) is 10.8. The van der Waals surface area contributed by atoms with E-state index in [1.807, 2.05) is 24.3 Å². The molecule has 0 amide bonds. The monoisotopic (exact) mass is 381 g/mol. The fourth-order valence-electron chi connectivity index (χ4n) is 2.47. The smallest absolute Gasteiger partial charge is 0.209 e. The van der Waals surface area contributed by atoms with Crippen molar-refractivity contribution in [2.75, 3.05) is 40.3 Å². The first-order valence-electron chi connectivity index (χ1n) is 8.03. The third-order valence-corrected chi connectivity index (χ3v) is 5.18. The lowest BCUT2D eigenvalue weighted by molar-refractivity contribution is -0.906. The zero-order chi connectivity index (χ0) is 17.5. The Hall–Kier alpha value is -0.190. The molecule has 0 aliphatic carbocycles. The van der Waals surface area contributed by atoms with Crippen LogP contribution in [0, 0.1) is 0 Å². The molecule has 0 saturated carbocycles. The van der Waals surface area contributed by atoms with Crippen molar-refractivity contribution in [1.82, 2.24) is 5.32 Å². The van der Waals surface area contributed by atoms with E-state index in [0.29, 0.717) is 0 Å². The van der Waals surface area contributed by atoms with Crippen LogP contribution in [0.2, 0.25) is 0 Å². The number of ether oxygens (including phenoxy) is 1. The summed E-state index contributed by atoms with van der Waals surface area (Å²) in [5.74, 6) is 0.788. The quantitative estimate of drug-likeness (QED) is 0.384. The van der Waals surface area contributed by atoms with Gasteiger partial charge in [0.2, 0.25) is 3.79 Å². The Labute approximate surface area is 155 Å². The maximum atomic E-state index is 6.16. The molecule has 0 radical (unpaired) electrons. The van der Waals surface area contributed by atoms with Gasteiger partial charge in [-0.25, -0.2) is 0 Å². The standard InChI is InChI=1S/C17H28Cl3N2O/c1-5-22(3,6-2)13-7-12-21-16(17(18,19)20)14-8-10-15(23-4)11-9-14/h8-11,16,21H,5-7,12-13H2,1-4H3/q+1/t16-/m0/s1. The van der Waals surface area contributed by atoms with Gasteiger partial charge in [0, 0.05) is 13.0 Å². The molecule has 0 saturated heterocycles. The highest BCUT2D eigenvalue weighted by Gasteiger charge is 2.33. The number of nitrogens with one attached hydrogen (secondary N) is 1. The molecule has 1 aromatic rings. The van der Waals surface area contributed by atoms with E-state index in [2.05, 4.69) is 26.2 Å². The number of hydrogen-bond acceptors (Lipinski definition) is 2. The number of quaternary nitrogens is 1. The van der Waals surface area contributed by atoms with Crippen LogP contribution in [0.4, 0.5) is 0 Å². The minimum absolute atomic E-state index is 0.347. The molecule has 1 N–H and O–H groups in total. The molecule has 132 valence electrons. The molecule has 0 bridgehead atoms. The van der Waals surface area contributed by atoms with Crippen molar-refractivity contribution in [2.45, 2.75) is 30.1 Å². The van der Waals surface area contributed by atoms with Gasteiger partial charge in [0.1, 0.15) is 5.75 Å². The average molecular weight is 383 g/mol. The SMILES string of the molecule is CC[N+](C)(CC)CCCN[C@@H](c1ccc(OC)cc1)C(Cl)(Cl)Cl. The van der Waals surface area contributed by atoms with Crippen LogP contribution in [0.3, 0.4) is 0 Å². The van der Waals surface area contributed by atoms with E-state index in [-0.39, 0.29) is 6.04 Å². The number of alkyl halides is 3. The second-order valence-electron chi connectivity index (χ2n) is 6.03. The van der Waals surface area contributed by atoms with E-state index in [4.69, 9.17) is 39.5 Å². The fourth-order valence-corrected chi connectivity index (χ4v) is 3.08. The molecule has 0 aliphatic heterocycles. The Bertz CT molecular complexity index is 456. The molecule has 1 rings (SSSR count). The van der Waals surface area contributed by atoms with Gasteiger partial charge in [-0.1, -0.05) is 46.9 Å². The van der Waals surface area contributed by atoms with Gasteiger partial charge in [0.05, 0.1) is 39.8 Å². The minimum Gasteiger partial charge on any atom is -0.497 e. The number of rotatable bonds is 9. The number of hydrogen-bond donors (Lipinski definition) is 1. The summed E-state index contributed by atoms with van der Waals surface area (Å²) in [6.07, 6.45) is 1.03. The molecule has 3 nitrogen and oxygen atoms in total. The van der Waals surface area contributed by atoms with Crippen LogP contribution >= 0.6 is 34.8 Å². The Kier molecular flexibility index (Phi) is 8.46. The third-order valence-electron chi connectivity index (χ3n) is 4.53. The lowest BCUT2D eigenvalue weighted by Gasteiger charge is -2.33. The van der Waals surface area contributed by atoms with E-state index < -0.39 is 3.79 Å². The van der Waals surface area contributed by atoms with Gasteiger partial charge in [-0.2, -0.15) is 0 Å². The van der Waals surface area contributed by atoms with Crippen LogP contribution in [-0.4, -0.2) is 48.6 Å². The van der Waals surface area contributed by atoms with Gasteiger partial charge >= 0.3 is 0 Å². The summed E-state index contributed by atoms with van der Waals surface area (Å²) in [5, 5.41) is 3.39. The highest BCUT2D eigenvalue weighted by Crippen LogP contribution is 2.40. The van der Waals surface area contributed by atoms with Gasteiger partial charge < -0.3 is 14.5 Å². The molecular weight excluding hydrogens is 355 g/mol. The summed E-state index contributed by atoms with van der Waals surface area (Å²) in [6, 6.07) is 7.26. The lowest BCUT2D eigenvalue weighted by atomic mass is 10.1.